The minimum atomic E-state index is -0.767. The molecular weight excluding hydrogens is 409 g/mol. The first-order chi connectivity index (χ1) is 9.99. The third-order valence-electron chi connectivity index (χ3n) is 2.35. The molecule has 0 aromatic heterocycles. The van der Waals surface area contributed by atoms with Crippen molar-refractivity contribution in [2.45, 2.75) is 26.4 Å². The molecule has 5 nitrogen and oxygen atoms in total. The molecule has 0 aliphatic heterocycles. The molecule has 0 saturated heterocycles. The zero-order valence-electron chi connectivity index (χ0n) is 12.7. The minimum absolute atomic E-state index is 0.0157. The second-order valence-electron chi connectivity index (χ2n) is 5.64. The van der Waals surface area contributed by atoms with Crippen molar-refractivity contribution in [2.75, 3.05) is 18.9 Å². The highest BCUT2D eigenvalue weighted by Crippen LogP contribution is 2.20. The predicted octanol–water partition coefficient (Wildman–Crippen LogP) is 3.37. The van der Waals surface area contributed by atoms with Gasteiger partial charge in [0.1, 0.15) is 23.8 Å². The highest BCUT2D eigenvalue weighted by molar-refractivity contribution is 14.1. The summed E-state index contributed by atoms with van der Waals surface area (Å²) < 4.78 is 31.7. The standard InChI is InChI=1S/C14H17F2IN2O3/c1-14(2,3)22-13(21)19(4)7-11(20)18-8-5-9(15)12(17)10(16)6-8/h5-6H,7H2,1-4H3,(H,18,20). The molecule has 0 spiro atoms. The Morgan fingerprint density at radius 2 is 1.77 bits per heavy atom. The number of carbonyl (C=O) groups excluding carboxylic acids is 2. The number of nitrogens with zero attached hydrogens (tertiary/aromatic N) is 1. The third kappa shape index (κ3) is 5.74. The summed E-state index contributed by atoms with van der Waals surface area (Å²) in [5.41, 5.74) is -0.692. The van der Waals surface area contributed by atoms with E-state index in [1.54, 1.807) is 20.8 Å². The number of halogens is 3. The van der Waals surface area contributed by atoms with E-state index in [-0.39, 0.29) is 15.8 Å². The first-order valence-electron chi connectivity index (χ1n) is 6.38. The lowest BCUT2D eigenvalue weighted by Crippen LogP contribution is -2.38. The molecule has 0 aliphatic carbocycles. The van der Waals surface area contributed by atoms with Gasteiger partial charge in [-0.3, -0.25) is 4.79 Å². The van der Waals surface area contributed by atoms with E-state index in [4.69, 9.17) is 4.74 Å². The van der Waals surface area contributed by atoms with Crippen LogP contribution < -0.4 is 5.32 Å². The van der Waals surface area contributed by atoms with E-state index in [1.807, 2.05) is 0 Å². The molecule has 122 valence electrons. The second-order valence-corrected chi connectivity index (χ2v) is 6.72. The van der Waals surface area contributed by atoms with Gasteiger partial charge in [-0.1, -0.05) is 0 Å². The summed E-state index contributed by atoms with van der Waals surface area (Å²) in [5, 5.41) is 2.33. The van der Waals surface area contributed by atoms with Gasteiger partial charge in [-0.05, 0) is 55.5 Å². The number of ether oxygens (including phenoxy) is 1. The highest BCUT2D eigenvalue weighted by Gasteiger charge is 2.21. The number of nitrogens with one attached hydrogen (secondary N) is 1. The molecule has 8 heteroatoms. The van der Waals surface area contributed by atoms with Crippen molar-refractivity contribution in [3.8, 4) is 0 Å². The molecule has 1 aromatic rings. The van der Waals surface area contributed by atoms with Crippen molar-refractivity contribution in [3.05, 3.63) is 27.3 Å². The van der Waals surface area contributed by atoms with Crippen LogP contribution in [0, 0.1) is 15.2 Å². The Balaban J connectivity index is 2.65. The van der Waals surface area contributed by atoms with Crippen molar-refractivity contribution in [1.29, 1.82) is 0 Å². The molecule has 1 aromatic carbocycles. The van der Waals surface area contributed by atoms with Crippen molar-refractivity contribution < 1.29 is 23.1 Å². The summed E-state index contributed by atoms with van der Waals surface area (Å²) in [4.78, 5) is 24.6. The lowest BCUT2D eigenvalue weighted by Gasteiger charge is -2.24. The number of rotatable bonds is 3. The van der Waals surface area contributed by atoms with E-state index in [2.05, 4.69) is 5.32 Å². The van der Waals surface area contributed by atoms with Crippen LogP contribution in [0.3, 0.4) is 0 Å². The first-order valence-corrected chi connectivity index (χ1v) is 7.46. The molecule has 0 unspecified atom stereocenters. The van der Waals surface area contributed by atoms with Crippen molar-refractivity contribution in [2.24, 2.45) is 0 Å². The third-order valence-corrected chi connectivity index (χ3v) is 3.38. The number of hydrogen-bond acceptors (Lipinski definition) is 3. The predicted molar refractivity (Wildman–Crippen MR) is 86.6 cm³/mol. The van der Waals surface area contributed by atoms with Gasteiger partial charge in [-0.15, -0.1) is 0 Å². The van der Waals surface area contributed by atoms with E-state index in [0.29, 0.717) is 0 Å². The Kier molecular flexibility index (Phi) is 6.09. The molecule has 0 saturated carbocycles. The van der Waals surface area contributed by atoms with E-state index >= 15 is 0 Å². The van der Waals surface area contributed by atoms with Crippen LogP contribution in [-0.4, -0.2) is 36.1 Å². The number of benzene rings is 1. The van der Waals surface area contributed by atoms with Gasteiger partial charge in [-0.25, -0.2) is 13.6 Å². The lowest BCUT2D eigenvalue weighted by molar-refractivity contribution is -0.117. The fourth-order valence-electron chi connectivity index (χ4n) is 1.45. The van der Waals surface area contributed by atoms with Crippen molar-refractivity contribution in [3.63, 3.8) is 0 Å². The van der Waals surface area contributed by atoms with Crippen molar-refractivity contribution >= 4 is 40.3 Å². The summed E-state index contributed by atoms with van der Waals surface area (Å²) in [6, 6.07) is 2.02. The SMILES string of the molecule is CN(CC(=O)Nc1cc(F)c(I)c(F)c1)C(=O)OC(C)(C)C. The minimum Gasteiger partial charge on any atom is -0.444 e. The summed E-state index contributed by atoms with van der Waals surface area (Å²) in [7, 11) is 1.39. The van der Waals surface area contributed by atoms with Gasteiger partial charge in [0.2, 0.25) is 5.91 Å². The van der Waals surface area contributed by atoms with Crippen molar-refractivity contribution in [1.82, 2.24) is 4.90 Å². The summed E-state index contributed by atoms with van der Waals surface area (Å²) in [5.74, 6) is -2.12. The van der Waals surface area contributed by atoms with Crippen LogP contribution in [-0.2, 0) is 9.53 Å². The zero-order valence-corrected chi connectivity index (χ0v) is 14.8. The number of carbonyl (C=O) groups is 2. The molecular formula is C14H17F2IN2O3. The van der Waals surface area contributed by atoms with Crippen LogP contribution in [0.1, 0.15) is 20.8 Å². The van der Waals surface area contributed by atoms with Crippen LogP contribution in [0.2, 0.25) is 0 Å². The molecule has 0 heterocycles. The van der Waals surface area contributed by atoms with E-state index in [1.165, 1.54) is 29.6 Å². The summed E-state index contributed by atoms with van der Waals surface area (Å²) >= 11 is 1.53. The van der Waals surface area contributed by atoms with Gasteiger partial charge in [0.15, 0.2) is 0 Å². The number of amides is 2. The summed E-state index contributed by atoms with van der Waals surface area (Å²) in [6.45, 7) is 4.81. The molecule has 22 heavy (non-hydrogen) atoms. The fraction of sp³-hybridized carbons (Fsp3) is 0.429. The largest absolute Gasteiger partial charge is 0.444 e. The Morgan fingerprint density at radius 1 is 1.27 bits per heavy atom. The molecule has 1 N–H and O–H groups in total. The zero-order chi connectivity index (χ0) is 17.1. The van der Waals surface area contributed by atoms with Gasteiger partial charge in [0.05, 0.1) is 3.57 Å². The molecule has 0 bridgehead atoms. The Labute approximate surface area is 141 Å². The molecule has 0 aliphatic rings. The normalized spacial score (nSPS) is 11.0. The van der Waals surface area contributed by atoms with Crippen LogP contribution in [0.5, 0.6) is 0 Å². The number of likely N-dealkylation sites (N-methyl/N-ethyl adjacent to an activating group) is 1. The monoisotopic (exact) mass is 426 g/mol. The van der Waals surface area contributed by atoms with Crippen LogP contribution >= 0.6 is 22.6 Å². The van der Waals surface area contributed by atoms with Crippen LogP contribution in [0.4, 0.5) is 19.3 Å². The van der Waals surface area contributed by atoms with Crippen LogP contribution in [0.25, 0.3) is 0 Å². The first kappa shape index (κ1) is 18.6. The quantitative estimate of drug-likeness (QED) is 0.596. The summed E-state index contributed by atoms with van der Waals surface area (Å²) in [6.07, 6.45) is -0.664. The maximum Gasteiger partial charge on any atom is 0.410 e. The van der Waals surface area contributed by atoms with Gasteiger partial charge in [-0.2, -0.15) is 0 Å². The average Bonchev–Trinajstić information content (AvgIpc) is 2.33. The highest BCUT2D eigenvalue weighted by atomic mass is 127. The van der Waals surface area contributed by atoms with Gasteiger partial charge < -0.3 is 15.0 Å². The number of anilines is 1. The maximum absolute atomic E-state index is 13.4. The molecule has 0 atom stereocenters. The average molecular weight is 426 g/mol. The number of hydrogen-bond donors (Lipinski definition) is 1. The second kappa shape index (κ2) is 7.21. The van der Waals surface area contributed by atoms with Crippen LogP contribution in [0.15, 0.2) is 12.1 Å². The Bertz CT molecular complexity index is 565. The fourth-order valence-corrected chi connectivity index (χ4v) is 1.76. The lowest BCUT2D eigenvalue weighted by atomic mass is 10.2. The van der Waals surface area contributed by atoms with Gasteiger partial charge in [0, 0.05) is 12.7 Å². The Morgan fingerprint density at radius 3 is 2.23 bits per heavy atom. The van der Waals surface area contributed by atoms with E-state index in [9.17, 15) is 18.4 Å². The topological polar surface area (TPSA) is 58.6 Å². The molecule has 1 rings (SSSR count). The smallest absolute Gasteiger partial charge is 0.410 e. The van der Waals surface area contributed by atoms with E-state index in [0.717, 1.165) is 17.0 Å². The van der Waals surface area contributed by atoms with Gasteiger partial charge in [0.25, 0.3) is 0 Å². The molecule has 0 fully saturated rings. The van der Waals surface area contributed by atoms with Gasteiger partial charge >= 0.3 is 6.09 Å². The maximum atomic E-state index is 13.4. The molecule has 0 radical (unpaired) electrons. The molecule has 2 amide bonds. The Hall–Kier alpha value is -1.45. The van der Waals surface area contributed by atoms with E-state index < -0.39 is 29.2 Å².